The minimum absolute atomic E-state index is 0.0236. The fourth-order valence-electron chi connectivity index (χ4n) is 4.01. The summed E-state index contributed by atoms with van der Waals surface area (Å²) in [4.78, 5) is 2.26. The third kappa shape index (κ3) is 3.22. The first kappa shape index (κ1) is 17.7. The first-order valence-electron chi connectivity index (χ1n) is 9.31. The molecule has 0 spiro atoms. The van der Waals surface area contributed by atoms with Gasteiger partial charge in [-0.05, 0) is 33.5 Å². The van der Waals surface area contributed by atoms with Crippen molar-refractivity contribution in [3.8, 4) is 11.4 Å². The van der Waals surface area contributed by atoms with E-state index >= 15 is 0 Å². The molecule has 0 fully saturated rings. The van der Waals surface area contributed by atoms with Crippen LogP contribution in [0.1, 0.15) is 36.1 Å². The van der Waals surface area contributed by atoms with E-state index in [1.165, 1.54) is 11.1 Å². The quantitative estimate of drug-likeness (QED) is 0.730. The number of aromatic nitrogens is 3. The second kappa shape index (κ2) is 7.13. The SMILES string of the molecule is Cc1nnc2n1NC(N[C@@H](C)[C@H](c1ccccc1)N(C)C)c1ccccc1-2. The van der Waals surface area contributed by atoms with Crippen LogP contribution in [0, 0.1) is 6.92 Å². The molecule has 3 aromatic rings. The van der Waals surface area contributed by atoms with Crippen LogP contribution in [0.4, 0.5) is 0 Å². The molecule has 0 saturated carbocycles. The number of aryl methyl sites for hydroxylation is 1. The van der Waals surface area contributed by atoms with Gasteiger partial charge in [-0.25, -0.2) is 4.68 Å². The van der Waals surface area contributed by atoms with Crippen molar-refractivity contribution in [2.45, 2.75) is 32.1 Å². The van der Waals surface area contributed by atoms with Gasteiger partial charge < -0.3 is 10.3 Å². The highest BCUT2D eigenvalue weighted by Gasteiger charge is 2.30. The standard InChI is InChI=1S/C21H26N6/c1-14(19(26(3)4)16-10-6-5-7-11-16)22-20-17-12-8-9-13-18(17)21-24-23-15(2)27(21)25-20/h5-14,19-20,22,25H,1-4H3/t14-,19+,20?/m0/s1. The molecule has 0 aliphatic carbocycles. The van der Waals surface area contributed by atoms with Crippen molar-refractivity contribution >= 4 is 0 Å². The van der Waals surface area contributed by atoms with Crippen LogP contribution in [-0.4, -0.2) is 39.9 Å². The van der Waals surface area contributed by atoms with Gasteiger partial charge in [0.15, 0.2) is 5.82 Å². The van der Waals surface area contributed by atoms with Gasteiger partial charge in [-0.3, -0.25) is 5.32 Å². The summed E-state index contributed by atoms with van der Waals surface area (Å²) in [6.45, 7) is 4.20. The average Bonchev–Trinajstić information content (AvgIpc) is 3.04. The zero-order chi connectivity index (χ0) is 19.0. The summed E-state index contributed by atoms with van der Waals surface area (Å²) < 4.78 is 1.97. The fraction of sp³-hybridized carbons (Fsp3) is 0.333. The molecule has 3 atom stereocenters. The molecule has 6 heteroatoms. The van der Waals surface area contributed by atoms with Crippen LogP contribution in [0.5, 0.6) is 0 Å². The van der Waals surface area contributed by atoms with Gasteiger partial charge in [0.2, 0.25) is 0 Å². The van der Waals surface area contributed by atoms with E-state index in [1.807, 2.05) is 17.7 Å². The van der Waals surface area contributed by atoms with Crippen LogP contribution in [0.3, 0.4) is 0 Å². The van der Waals surface area contributed by atoms with E-state index in [-0.39, 0.29) is 18.2 Å². The van der Waals surface area contributed by atoms with E-state index in [0.29, 0.717) is 0 Å². The second-order valence-corrected chi connectivity index (χ2v) is 7.33. The van der Waals surface area contributed by atoms with Gasteiger partial charge >= 0.3 is 0 Å². The summed E-state index contributed by atoms with van der Waals surface area (Å²) >= 11 is 0. The van der Waals surface area contributed by atoms with Crippen LogP contribution in [-0.2, 0) is 0 Å². The molecule has 1 aliphatic rings. The van der Waals surface area contributed by atoms with Gasteiger partial charge in [-0.15, -0.1) is 10.2 Å². The predicted molar refractivity (Wildman–Crippen MR) is 108 cm³/mol. The lowest BCUT2D eigenvalue weighted by atomic mass is 9.97. The Hall–Kier alpha value is -2.70. The molecule has 2 aromatic carbocycles. The smallest absolute Gasteiger partial charge is 0.183 e. The van der Waals surface area contributed by atoms with Gasteiger partial charge in [0.25, 0.3) is 0 Å². The van der Waals surface area contributed by atoms with Gasteiger partial charge in [-0.1, -0.05) is 54.6 Å². The van der Waals surface area contributed by atoms with Crippen molar-refractivity contribution < 1.29 is 0 Å². The molecule has 0 amide bonds. The maximum absolute atomic E-state index is 4.34. The molecular weight excluding hydrogens is 336 g/mol. The van der Waals surface area contributed by atoms with Crippen molar-refractivity contribution in [2.75, 3.05) is 19.5 Å². The predicted octanol–water partition coefficient (Wildman–Crippen LogP) is 3.09. The molecule has 2 heterocycles. The monoisotopic (exact) mass is 362 g/mol. The third-order valence-corrected chi connectivity index (χ3v) is 5.20. The Kier molecular flexibility index (Phi) is 4.68. The van der Waals surface area contributed by atoms with Crippen LogP contribution in [0.25, 0.3) is 11.4 Å². The van der Waals surface area contributed by atoms with E-state index in [9.17, 15) is 0 Å². The van der Waals surface area contributed by atoms with E-state index in [4.69, 9.17) is 0 Å². The maximum atomic E-state index is 4.34. The second-order valence-electron chi connectivity index (χ2n) is 7.33. The Labute approximate surface area is 160 Å². The minimum Gasteiger partial charge on any atom is -0.301 e. The van der Waals surface area contributed by atoms with E-state index in [0.717, 1.165) is 17.2 Å². The number of fused-ring (bicyclic) bond motifs is 3. The van der Waals surface area contributed by atoms with Gasteiger partial charge in [0, 0.05) is 23.2 Å². The van der Waals surface area contributed by atoms with E-state index in [2.05, 4.69) is 95.4 Å². The molecule has 0 radical (unpaired) electrons. The molecule has 1 unspecified atom stereocenters. The van der Waals surface area contributed by atoms with Crippen molar-refractivity contribution in [1.29, 1.82) is 0 Å². The van der Waals surface area contributed by atoms with E-state index in [1.54, 1.807) is 0 Å². The zero-order valence-electron chi connectivity index (χ0n) is 16.2. The lowest BCUT2D eigenvalue weighted by Crippen LogP contribution is -2.46. The van der Waals surface area contributed by atoms with Crippen LogP contribution in [0.15, 0.2) is 54.6 Å². The molecule has 1 aromatic heterocycles. The molecule has 0 saturated heterocycles. The maximum Gasteiger partial charge on any atom is 0.183 e. The normalized spacial score (nSPS) is 17.7. The first-order chi connectivity index (χ1) is 13.1. The molecule has 27 heavy (non-hydrogen) atoms. The number of hydrogen-bond acceptors (Lipinski definition) is 5. The summed E-state index contributed by atoms with van der Waals surface area (Å²) in [5.74, 6) is 1.71. The van der Waals surface area contributed by atoms with Gasteiger partial charge in [0.05, 0.1) is 0 Å². The molecule has 1 aliphatic heterocycles. The first-order valence-corrected chi connectivity index (χ1v) is 9.31. The number of benzene rings is 2. The zero-order valence-corrected chi connectivity index (χ0v) is 16.2. The number of hydrogen-bond donors (Lipinski definition) is 2. The van der Waals surface area contributed by atoms with E-state index < -0.39 is 0 Å². The summed E-state index contributed by atoms with van der Waals surface area (Å²) in [7, 11) is 4.25. The Morgan fingerprint density at radius 2 is 1.74 bits per heavy atom. The number of rotatable bonds is 5. The minimum atomic E-state index is -0.0236. The molecule has 4 rings (SSSR count). The molecule has 140 valence electrons. The van der Waals surface area contributed by atoms with Gasteiger partial charge in [0.1, 0.15) is 12.0 Å². The highest BCUT2D eigenvalue weighted by molar-refractivity contribution is 5.64. The highest BCUT2D eigenvalue weighted by Crippen LogP contribution is 2.32. The Morgan fingerprint density at radius 1 is 1.04 bits per heavy atom. The number of nitrogens with one attached hydrogen (secondary N) is 2. The van der Waals surface area contributed by atoms with Crippen LogP contribution in [0.2, 0.25) is 0 Å². The van der Waals surface area contributed by atoms with Crippen LogP contribution < -0.4 is 10.7 Å². The molecule has 6 nitrogen and oxygen atoms in total. The lowest BCUT2D eigenvalue weighted by molar-refractivity contribution is 0.229. The largest absolute Gasteiger partial charge is 0.301 e. The van der Waals surface area contributed by atoms with Crippen molar-refractivity contribution in [1.82, 2.24) is 25.1 Å². The van der Waals surface area contributed by atoms with Gasteiger partial charge in [-0.2, -0.15) is 0 Å². The Morgan fingerprint density at radius 3 is 2.48 bits per heavy atom. The van der Waals surface area contributed by atoms with Crippen molar-refractivity contribution in [3.63, 3.8) is 0 Å². The third-order valence-electron chi connectivity index (χ3n) is 5.20. The summed E-state index contributed by atoms with van der Waals surface area (Å²) in [5, 5.41) is 12.4. The van der Waals surface area contributed by atoms with Crippen LogP contribution >= 0.6 is 0 Å². The molecular formula is C21H26N6. The Bertz CT molecular complexity index is 917. The van der Waals surface area contributed by atoms with Crippen molar-refractivity contribution in [2.24, 2.45) is 0 Å². The highest BCUT2D eigenvalue weighted by atomic mass is 15.5. The van der Waals surface area contributed by atoms with Crippen molar-refractivity contribution in [3.05, 3.63) is 71.5 Å². The number of nitrogens with zero attached hydrogens (tertiary/aromatic N) is 4. The summed E-state index contributed by atoms with van der Waals surface area (Å²) in [6, 6.07) is 19.5. The molecule has 0 bridgehead atoms. The lowest BCUT2D eigenvalue weighted by Gasteiger charge is -2.36. The topological polar surface area (TPSA) is 58.0 Å². The summed E-state index contributed by atoms with van der Waals surface area (Å²) in [6.07, 6.45) is -0.0236. The fourth-order valence-corrected chi connectivity index (χ4v) is 4.01. The number of likely N-dealkylation sites (N-methyl/N-ethyl adjacent to an activating group) is 1. The Balaban J connectivity index is 1.65. The summed E-state index contributed by atoms with van der Waals surface area (Å²) in [5.41, 5.74) is 7.14. The molecule has 2 N–H and O–H groups in total. The average molecular weight is 362 g/mol.